The molecule has 0 fully saturated rings. The molecular formula is C12H14FN3O2. The van der Waals surface area contributed by atoms with Crippen LogP contribution in [0.25, 0.3) is 11.3 Å². The van der Waals surface area contributed by atoms with Crippen LogP contribution < -0.4 is 15.2 Å². The molecule has 0 bridgehead atoms. The van der Waals surface area contributed by atoms with Crippen molar-refractivity contribution in [3.8, 4) is 22.8 Å². The molecule has 3 N–H and O–H groups in total. The number of aromatic amines is 1. The van der Waals surface area contributed by atoms with Crippen LogP contribution >= 0.6 is 0 Å². The molecule has 0 radical (unpaired) electrons. The van der Waals surface area contributed by atoms with Gasteiger partial charge in [0.15, 0.2) is 0 Å². The first kappa shape index (κ1) is 12.2. The third kappa shape index (κ3) is 2.09. The summed E-state index contributed by atoms with van der Waals surface area (Å²) in [7, 11) is 3.02. The van der Waals surface area contributed by atoms with E-state index in [4.69, 9.17) is 15.2 Å². The van der Waals surface area contributed by atoms with Crippen LogP contribution in [0.3, 0.4) is 0 Å². The lowest BCUT2D eigenvalue weighted by Crippen LogP contribution is -1.95. The number of nitrogens with two attached hydrogens (primary N) is 1. The second kappa shape index (κ2) is 4.95. The number of nitrogens with zero attached hydrogens (tertiary/aromatic N) is 1. The van der Waals surface area contributed by atoms with Gasteiger partial charge >= 0.3 is 0 Å². The number of halogens is 1. The van der Waals surface area contributed by atoms with Crippen molar-refractivity contribution in [1.82, 2.24) is 10.2 Å². The Kier molecular flexibility index (Phi) is 3.36. The van der Waals surface area contributed by atoms with Gasteiger partial charge in [0.1, 0.15) is 24.0 Å². The highest BCUT2D eigenvalue weighted by atomic mass is 19.1. The number of hydrogen-bond acceptors (Lipinski definition) is 4. The molecule has 0 saturated carbocycles. The Labute approximate surface area is 104 Å². The highest BCUT2D eigenvalue weighted by Gasteiger charge is 2.14. The minimum Gasteiger partial charge on any atom is -0.496 e. The molecule has 0 saturated heterocycles. The monoisotopic (exact) mass is 251 g/mol. The average Bonchev–Trinajstić information content (AvgIpc) is 2.83. The first-order valence-corrected chi connectivity index (χ1v) is 5.31. The topological polar surface area (TPSA) is 73.2 Å². The molecule has 1 aromatic carbocycles. The second-order valence-corrected chi connectivity index (χ2v) is 3.70. The molecule has 1 aromatic heterocycles. The van der Waals surface area contributed by atoms with Crippen LogP contribution in [0.15, 0.2) is 18.2 Å². The molecule has 96 valence electrons. The predicted octanol–water partition coefficient (Wildman–Crippen LogP) is 2.15. The van der Waals surface area contributed by atoms with Crippen molar-refractivity contribution in [3.63, 3.8) is 0 Å². The number of anilines is 1. The maximum absolute atomic E-state index is 12.9. The normalized spacial score (nSPS) is 10.4. The van der Waals surface area contributed by atoms with Crippen LogP contribution in [0.2, 0.25) is 0 Å². The molecule has 5 nitrogen and oxygen atoms in total. The number of alkyl halides is 1. The van der Waals surface area contributed by atoms with Gasteiger partial charge in [-0.05, 0) is 6.07 Å². The summed E-state index contributed by atoms with van der Waals surface area (Å²) >= 11 is 0. The van der Waals surface area contributed by atoms with Gasteiger partial charge in [0.05, 0.1) is 19.9 Å². The van der Waals surface area contributed by atoms with Crippen molar-refractivity contribution in [1.29, 1.82) is 0 Å². The summed E-state index contributed by atoms with van der Waals surface area (Å²) < 4.78 is 23.3. The van der Waals surface area contributed by atoms with E-state index >= 15 is 0 Å². The van der Waals surface area contributed by atoms with Gasteiger partial charge in [0, 0.05) is 23.3 Å². The largest absolute Gasteiger partial charge is 0.496 e. The standard InChI is InChI=1S/C12H14FN3O2/c1-17-10-5-11(18-2)8(3-7(10)6-13)9-4-12(14)16-15-9/h3-5H,6H2,1-2H3,(H3,14,15,16). The van der Waals surface area contributed by atoms with Crippen LogP contribution in [0.1, 0.15) is 5.56 Å². The summed E-state index contributed by atoms with van der Waals surface area (Å²) in [5, 5.41) is 6.61. The summed E-state index contributed by atoms with van der Waals surface area (Å²) in [4.78, 5) is 0. The highest BCUT2D eigenvalue weighted by Crippen LogP contribution is 2.36. The summed E-state index contributed by atoms with van der Waals surface area (Å²) in [6, 6.07) is 4.96. The number of hydrogen-bond donors (Lipinski definition) is 2. The third-order valence-corrected chi connectivity index (χ3v) is 2.63. The van der Waals surface area contributed by atoms with E-state index in [9.17, 15) is 4.39 Å². The van der Waals surface area contributed by atoms with Crippen LogP contribution in [0, 0.1) is 0 Å². The van der Waals surface area contributed by atoms with Crippen molar-refractivity contribution in [3.05, 3.63) is 23.8 Å². The Hall–Kier alpha value is -2.24. The lowest BCUT2D eigenvalue weighted by atomic mass is 10.1. The number of nitrogen functional groups attached to an aromatic ring is 1. The Morgan fingerprint density at radius 2 is 1.94 bits per heavy atom. The van der Waals surface area contributed by atoms with Gasteiger partial charge in [-0.2, -0.15) is 5.10 Å². The molecule has 0 atom stereocenters. The van der Waals surface area contributed by atoms with E-state index in [1.807, 2.05) is 0 Å². The van der Waals surface area contributed by atoms with Gasteiger partial charge in [0.25, 0.3) is 0 Å². The van der Waals surface area contributed by atoms with E-state index in [-0.39, 0.29) is 0 Å². The molecule has 18 heavy (non-hydrogen) atoms. The summed E-state index contributed by atoms with van der Waals surface area (Å²) in [6.45, 7) is -0.621. The quantitative estimate of drug-likeness (QED) is 0.873. The SMILES string of the molecule is COc1cc(OC)c(-c2cc(N)n[nH]2)cc1CF. The molecule has 0 unspecified atom stereocenters. The fraction of sp³-hybridized carbons (Fsp3) is 0.250. The lowest BCUT2D eigenvalue weighted by molar-refractivity contribution is 0.382. The number of rotatable bonds is 4. The van der Waals surface area contributed by atoms with E-state index in [1.54, 1.807) is 18.2 Å². The van der Waals surface area contributed by atoms with Crippen molar-refractivity contribution >= 4 is 5.82 Å². The molecule has 0 aliphatic rings. The van der Waals surface area contributed by atoms with Gasteiger partial charge in [-0.3, -0.25) is 5.10 Å². The van der Waals surface area contributed by atoms with E-state index in [2.05, 4.69) is 10.2 Å². The van der Waals surface area contributed by atoms with Gasteiger partial charge in [-0.25, -0.2) is 4.39 Å². The minimum absolute atomic E-state index is 0.365. The van der Waals surface area contributed by atoms with E-state index < -0.39 is 6.67 Å². The number of methoxy groups -OCH3 is 2. The minimum atomic E-state index is -0.621. The van der Waals surface area contributed by atoms with Crippen molar-refractivity contribution in [2.24, 2.45) is 0 Å². The van der Waals surface area contributed by atoms with Crippen molar-refractivity contribution in [2.75, 3.05) is 20.0 Å². The number of nitrogens with one attached hydrogen (secondary N) is 1. The van der Waals surface area contributed by atoms with Crippen LogP contribution in [-0.4, -0.2) is 24.4 Å². The lowest BCUT2D eigenvalue weighted by Gasteiger charge is -2.12. The Bertz CT molecular complexity index is 554. The molecule has 0 aliphatic heterocycles. The molecule has 6 heteroatoms. The smallest absolute Gasteiger partial charge is 0.145 e. The Morgan fingerprint density at radius 1 is 1.22 bits per heavy atom. The Balaban J connectivity index is 2.58. The first-order chi connectivity index (χ1) is 8.69. The van der Waals surface area contributed by atoms with Crippen LogP contribution in [0.5, 0.6) is 11.5 Å². The summed E-state index contributed by atoms with van der Waals surface area (Å²) in [6.07, 6.45) is 0. The molecule has 2 rings (SSSR count). The third-order valence-electron chi connectivity index (χ3n) is 2.63. The number of ether oxygens (including phenoxy) is 2. The molecular weight excluding hydrogens is 237 g/mol. The number of H-pyrrole nitrogens is 1. The average molecular weight is 251 g/mol. The molecule has 0 aliphatic carbocycles. The van der Waals surface area contributed by atoms with Crippen molar-refractivity contribution < 1.29 is 13.9 Å². The van der Waals surface area contributed by atoms with Gasteiger partial charge in [-0.15, -0.1) is 0 Å². The van der Waals surface area contributed by atoms with Crippen molar-refractivity contribution in [2.45, 2.75) is 6.67 Å². The number of aromatic nitrogens is 2. The van der Waals surface area contributed by atoms with Crippen LogP contribution in [0.4, 0.5) is 10.2 Å². The number of benzene rings is 1. The zero-order valence-electron chi connectivity index (χ0n) is 10.2. The van der Waals surface area contributed by atoms with Crippen LogP contribution in [-0.2, 0) is 6.67 Å². The summed E-state index contributed by atoms with van der Waals surface area (Å²) in [5.74, 6) is 1.38. The van der Waals surface area contributed by atoms with E-state index in [0.717, 1.165) is 0 Å². The zero-order chi connectivity index (χ0) is 13.1. The maximum atomic E-state index is 12.9. The molecule has 1 heterocycles. The second-order valence-electron chi connectivity index (χ2n) is 3.70. The van der Waals surface area contributed by atoms with Gasteiger partial charge in [0.2, 0.25) is 0 Å². The Morgan fingerprint density at radius 3 is 2.44 bits per heavy atom. The fourth-order valence-electron chi connectivity index (χ4n) is 1.76. The summed E-state index contributed by atoms with van der Waals surface area (Å²) in [5.41, 5.74) is 7.36. The zero-order valence-corrected chi connectivity index (χ0v) is 10.2. The molecule has 0 amide bonds. The molecule has 2 aromatic rings. The highest BCUT2D eigenvalue weighted by molar-refractivity contribution is 5.71. The van der Waals surface area contributed by atoms with Gasteiger partial charge < -0.3 is 15.2 Å². The maximum Gasteiger partial charge on any atom is 0.145 e. The fourth-order valence-corrected chi connectivity index (χ4v) is 1.76. The van der Waals surface area contributed by atoms with Gasteiger partial charge in [-0.1, -0.05) is 0 Å². The first-order valence-electron chi connectivity index (χ1n) is 5.31. The van der Waals surface area contributed by atoms with E-state index in [0.29, 0.717) is 34.1 Å². The predicted molar refractivity (Wildman–Crippen MR) is 66.4 cm³/mol. The van der Waals surface area contributed by atoms with E-state index in [1.165, 1.54) is 14.2 Å². The molecule has 0 spiro atoms.